The minimum Gasteiger partial charge on any atom is -0.397 e. The predicted octanol–water partition coefficient (Wildman–Crippen LogP) is 4.12. The van der Waals surface area contributed by atoms with Crippen LogP contribution in [0.5, 0.6) is 0 Å². The zero-order chi connectivity index (χ0) is 14.0. The summed E-state index contributed by atoms with van der Waals surface area (Å²) in [7, 11) is 0. The molecule has 2 N–H and O–H groups in total. The number of hydrogen-bond acceptors (Lipinski definition) is 3. The molecule has 0 fully saturated rings. The zero-order valence-electron chi connectivity index (χ0n) is 11.1. The molecule has 0 atom stereocenters. The molecule has 0 spiro atoms. The Morgan fingerprint density at radius 2 is 2.16 bits per heavy atom. The van der Waals surface area contributed by atoms with Crippen LogP contribution in [0, 0.1) is 0 Å². The average molecular weight is 341 g/mol. The average Bonchev–Trinajstić information content (AvgIpc) is 2.74. The van der Waals surface area contributed by atoms with Gasteiger partial charge in [-0.15, -0.1) is 11.3 Å². The van der Waals surface area contributed by atoms with E-state index >= 15 is 0 Å². The van der Waals surface area contributed by atoms with Crippen LogP contribution in [0.25, 0.3) is 10.1 Å². The topological polar surface area (TPSA) is 46.3 Å². The third kappa shape index (κ3) is 2.62. The van der Waals surface area contributed by atoms with Crippen molar-refractivity contribution in [2.24, 2.45) is 0 Å². The van der Waals surface area contributed by atoms with Crippen molar-refractivity contribution < 1.29 is 4.79 Å². The molecule has 102 valence electrons. The van der Waals surface area contributed by atoms with Crippen molar-refractivity contribution in [1.82, 2.24) is 4.90 Å². The van der Waals surface area contributed by atoms with Gasteiger partial charge in [-0.2, -0.15) is 0 Å². The first-order chi connectivity index (χ1) is 9.10. The maximum absolute atomic E-state index is 12.5. The Balaban J connectivity index is 2.48. The monoisotopic (exact) mass is 340 g/mol. The molecule has 0 unspecified atom stereocenters. The van der Waals surface area contributed by atoms with Crippen LogP contribution in [-0.4, -0.2) is 23.9 Å². The van der Waals surface area contributed by atoms with E-state index in [0.29, 0.717) is 17.1 Å². The van der Waals surface area contributed by atoms with Crippen molar-refractivity contribution in [3.8, 4) is 0 Å². The second-order valence-electron chi connectivity index (χ2n) is 4.34. The molecule has 2 aromatic rings. The van der Waals surface area contributed by atoms with Gasteiger partial charge in [-0.25, -0.2) is 0 Å². The lowest BCUT2D eigenvalue weighted by atomic mass is 10.2. The van der Waals surface area contributed by atoms with Gasteiger partial charge < -0.3 is 10.6 Å². The molecule has 1 amide bonds. The normalized spacial score (nSPS) is 10.9. The Bertz CT molecular complexity index is 609. The van der Waals surface area contributed by atoms with Gasteiger partial charge in [0.2, 0.25) is 0 Å². The molecular formula is C14H17BrN2OS. The lowest BCUT2D eigenvalue weighted by Gasteiger charge is -2.19. The van der Waals surface area contributed by atoms with Gasteiger partial charge in [-0.3, -0.25) is 4.79 Å². The smallest absolute Gasteiger partial charge is 0.266 e. The summed E-state index contributed by atoms with van der Waals surface area (Å²) in [6.07, 6.45) is 0.952. The van der Waals surface area contributed by atoms with Crippen LogP contribution in [0.15, 0.2) is 22.7 Å². The van der Waals surface area contributed by atoms with E-state index in [1.807, 2.05) is 30.0 Å². The van der Waals surface area contributed by atoms with E-state index in [1.165, 1.54) is 11.3 Å². The second kappa shape index (κ2) is 5.92. The lowest BCUT2D eigenvalue weighted by molar-refractivity contribution is 0.0770. The maximum Gasteiger partial charge on any atom is 0.266 e. The van der Waals surface area contributed by atoms with E-state index in [-0.39, 0.29) is 5.91 Å². The quantitative estimate of drug-likeness (QED) is 0.909. The van der Waals surface area contributed by atoms with Crippen LogP contribution in [0.2, 0.25) is 0 Å². The first-order valence-corrected chi connectivity index (χ1v) is 7.96. The number of nitrogens with two attached hydrogens (primary N) is 1. The van der Waals surface area contributed by atoms with Crippen molar-refractivity contribution in [2.75, 3.05) is 18.8 Å². The minimum absolute atomic E-state index is 0.0370. The third-order valence-corrected chi connectivity index (χ3v) is 4.88. The number of benzene rings is 1. The number of amides is 1. The van der Waals surface area contributed by atoms with E-state index in [4.69, 9.17) is 5.73 Å². The highest BCUT2D eigenvalue weighted by molar-refractivity contribution is 9.10. The molecule has 5 heteroatoms. The van der Waals surface area contributed by atoms with Crippen LogP contribution in [-0.2, 0) is 0 Å². The second-order valence-corrected chi connectivity index (χ2v) is 6.25. The molecule has 0 bridgehead atoms. The Kier molecular flexibility index (Phi) is 4.47. The van der Waals surface area contributed by atoms with Gasteiger partial charge in [0.05, 0.1) is 5.69 Å². The number of nitrogens with zero attached hydrogens (tertiary/aromatic N) is 1. The van der Waals surface area contributed by atoms with Crippen molar-refractivity contribution >= 4 is 48.9 Å². The van der Waals surface area contributed by atoms with Gasteiger partial charge >= 0.3 is 0 Å². The number of carbonyl (C=O) groups is 1. The molecule has 0 saturated heterocycles. The van der Waals surface area contributed by atoms with Gasteiger partial charge in [0.1, 0.15) is 4.88 Å². The van der Waals surface area contributed by atoms with Gasteiger partial charge in [-0.1, -0.05) is 28.9 Å². The van der Waals surface area contributed by atoms with Gasteiger partial charge in [0.25, 0.3) is 5.91 Å². The molecule has 0 saturated carbocycles. The van der Waals surface area contributed by atoms with Crippen molar-refractivity contribution in [3.63, 3.8) is 0 Å². The summed E-state index contributed by atoms with van der Waals surface area (Å²) in [5, 5.41) is 0.948. The number of fused-ring (bicyclic) bond motifs is 1. The molecule has 0 radical (unpaired) electrons. The fourth-order valence-electron chi connectivity index (χ4n) is 2.10. The number of thiophene rings is 1. The summed E-state index contributed by atoms with van der Waals surface area (Å²) in [6, 6.07) is 5.90. The number of nitrogen functional groups attached to an aromatic ring is 1. The highest BCUT2D eigenvalue weighted by atomic mass is 79.9. The molecule has 1 heterocycles. The fourth-order valence-corrected chi connectivity index (χ4v) is 3.93. The largest absolute Gasteiger partial charge is 0.397 e. The van der Waals surface area contributed by atoms with Crippen LogP contribution in [0.1, 0.15) is 29.9 Å². The minimum atomic E-state index is 0.0370. The van der Waals surface area contributed by atoms with Crippen molar-refractivity contribution in [2.45, 2.75) is 20.3 Å². The molecule has 3 nitrogen and oxygen atoms in total. The molecule has 0 aliphatic carbocycles. The van der Waals surface area contributed by atoms with Crippen LogP contribution >= 0.6 is 27.3 Å². The molecule has 1 aromatic heterocycles. The summed E-state index contributed by atoms with van der Waals surface area (Å²) in [5.41, 5.74) is 6.75. The highest BCUT2D eigenvalue weighted by Gasteiger charge is 2.21. The number of carbonyl (C=O) groups excluding carboxylic acids is 1. The van der Waals surface area contributed by atoms with E-state index in [1.54, 1.807) is 0 Å². The molecule has 2 rings (SSSR count). The maximum atomic E-state index is 12.5. The molecule has 0 aliphatic rings. The Morgan fingerprint density at radius 1 is 1.42 bits per heavy atom. The summed E-state index contributed by atoms with van der Waals surface area (Å²) < 4.78 is 1.99. The summed E-state index contributed by atoms with van der Waals surface area (Å²) in [5.74, 6) is 0.0370. The van der Waals surface area contributed by atoms with Crippen molar-refractivity contribution in [1.29, 1.82) is 0 Å². The fraction of sp³-hybridized carbons (Fsp3) is 0.357. The first kappa shape index (κ1) is 14.3. The standard InChI is InChI=1S/C14H17BrN2OS/c1-3-8-17(4-2)14(18)13-12(16)11-9(15)6-5-7-10(11)19-13/h5-7H,3-4,8,16H2,1-2H3. The van der Waals surface area contributed by atoms with E-state index in [0.717, 1.165) is 27.5 Å². The van der Waals surface area contributed by atoms with Crippen LogP contribution < -0.4 is 5.73 Å². The number of halogens is 1. The Labute approximate surface area is 125 Å². The first-order valence-electron chi connectivity index (χ1n) is 6.35. The predicted molar refractivity (Wildman–Crippen MR) is 85.8 cm³/mol. The van der Waals surface area contributed by atoms with Crippen LogP contribution in [0.3, 0.4) is 0 Å². The summed E-state index contributed by atoms with van der Waals surface area (Å²) in [6.45, 7) is 5.54. The molecule has 1 aromatic carbocycles. The van der Waals surface area contributed by atoms with Gasteiger partial charge in [0, 0.05) is 27.6 Å². The SMILES string of the molecule is CCCN(CC)C(=O)c1sc2cccc(Br)c2c1N. The number of rotatable bonds is 4. The molecule has 0 aliphatic heterocycles. The highest BCUT2D eigenvalue weighted by Crippen LogP contribution is 2.38. The Morgan fingerprint density at radius 3 is 2.74 bits per heavy atom. The molecule has 19 heavy (non-hydrogen) atoms. The van der Waals surface area contributed by atoms with Gasteiger partial charge in [-0.05, 0) is 25.5 Å². The number of anilines is 1. The Hall–Kier alpha value is -1.07. The number of hydrogen-bond donors (Lipinski definition) is 1. The summed E-state index contributed by atoms with van der Waals surface area (Å²) in [4.78, 5) is 15.0. The van der Waals surface area contributed by atoms with E-state index in [2.05, 4.69) is 22.9 Å². The van der Waals surface area contributed by atoms with Crippen molar-refractivity contribution in [3.05, 3.63) is 27.5 Å². The van der Waals surface area contributed by atoms with E-state index < -0.39 is 0 Å². The third-order valence-electron chi connectivity index (χ3n) is 3.06. The zero-order valence-corrected chi connectivity index (χ0v) is 13.5. The van der Waals surface area contributed by atoms with Gasteiger partial charge in [0.15, 0.2) is 0 Å². The lowest BCUT2D eigenvalue weighted by Crippen LogP contribution is -2.31. The van der Waals surface area contributed by atoms with E-state index in [9.17, 15) is 4.79 Å². The summed E-state index contributed by atoms with van der Waals surface area (Å²) >= 11 is 4.97. The van der Waals surface area contributed by atoms with Crippen LogP contribution in [0.4, 0.5) is 5.69 Å². The molecular weight excluding hydrogens is 324 g/mol.